The highest BCUT2D eigenvalue weighted by molar-refractivity contribution is 5.90. The average Bonchev–Trinajstić information content (AvgIpc) is 2.79. The lowest BCUT2D eigenvalue weighted by Gasteiger charge is -2.25. The van der Waals surface area contributed by atoms with Crippen LogP contribution in [0.1, 0.15) is 23.5 Å². The molecule has 0 saturated heterocycles. The van der Waals surface area contributed by atoms with E-state index in [1.165, 1.54) is 31.6 Å². The minimum absolute atomic E-state index is 0.0291. The quantitative estimate of drug-likeness (QED) is 0.368. The molecule has 0 spiro atoms. The molecule has 0 amide bonds. The molecule has 0 aliphatic carbocycles. The number of carbonyl (C=O) groups excluding carboxylic acids is 1. The van der Waals surface area contributed by atoms with Crippen LogP contribution in [0.2, 0.25) is 0 Å². The number of aromatic hydroxyl groups is 2. The van der Waals surface area contributed by atoms with Crippen molar-refractivity contribution >= 4 is 16.9 Å². The molecule has 2 heterocycles. The lowest BCUT2D eigenvalue weighted by molar-refractivity contribution is -0.135. The molecule has 0 radical (unpaired) electrons. The summed E-state index contributed by atoms with van der Waals surface area (Å²) in [6, 6.07) is 14.3. The van der Waals surface area contributed by atoms with Gasteiger partial charge in [-0.05, 0) is 47.5 Å². The Bertz CT molecular complexity index is 1420. The lowest BCUT2D eigenvalue weighted by atomic mass is 9.85. The van der Waals surface area contributed by atoms with Gasteiger partial charge in [0.1, 0.15) is 23.3 Å². The molecule has 1 aliphatic rings. The van der Waals surface area contributed by atoms with Gasteiger partial charge in [-0.15, -0.1) is 0 Å². The Balaban J connectivity index is 1.71. The standard InChI is InChI=1S/C25H18O7/c1-30-20-8-4-14(10-19(20)27)17-11-22(28)32-21-9-7-16-24(29)18(12-31-25(16)23(17)21)13-2-5-15(26)6-3-13/h2-10,12,17,26-27H,11H2,1H3. The fourth-order valence-corrected chi connectivity index (χ4v) is 4.10. The van der Waals surface area contributed by atoms with Crippen molar-refractivity contribution in [3.05, 3.63) is 82.2 Å². The molecule has 0 fully saturated rings. The maximum absolute atomic E-state index is 13.3. The van der Waals surface area contributed by atoms with E-state index in [1.54, 1.807) is 36.4 Å². The van der Waals surface area contributed by atoms with Gasteiger partial charge in [0.15, 0.2) is 11.5 Å². The predicted molar refractivity (Wildman–Crippen MR) is 116 cm³/mol. The van der Waals surface area contributed by atoms with Gasteiger partial charge in [0.2, 0.25) is 5.43 Å². The summed E-state index contributed by atoms with van der Waals surface area (Å²) in [6.07, 6.45) is 1.40. The second-order valence-corrected chi connectivity index (χ2v) is 7.54. The van der Waals surface area contributed by atoms with Crippen LogP contribution in [0.15, 0.2) is 70.1 Å². The van der Waals surface area contributed by atoms with Crippen LogP contribution in [-0.2, 0) is 4.79 Å². The van der Waals surface area contributed by atoms with Crippen molar-refractivity contribution < 1.29 is 28.9 Å². The molecule has 2 N–H and O–H groups in total. The number of phenols is 2. The van der Waals surface area contributed by atoms with Crippen molar-refractivity contribution in [1.82, 2.24) is 0 Å². The van der Waals surface area contributed by atoms with Gasteiger partial charge < -0.3 is 24.1 Å². The highest BCUT2D eigenvalue weighted by Crippen LogP contribution is 2.44. The maximum Gasteiger partial charge on any atom is 0.312 e. The molecule has 1 unspecified atom stereocenters. The van der Waals surface area contributed by atoms with E-state index in [-0.39, 0.29) is 23.3 Å². The Kier molecular flexibility index (Phi) is 4.59. The summed E-state index contributed by atoms with van der Waals surface area (Å²) in [5, 5.41) is 20.1. The van der Waals surface area contributed by atoms with Crippen LogP contribution in [0, 0.1) is 0 Å². The van der Waals surface area contributed by atoms with Crippen LogP contribution in [0.3, 0.4) is 0 Å². The Labute approximate surface area is 182 Å². The van der Waals surface area contributed by atoms with Crippen molar-refractivity contribution in [2.24, 2.45) is 0 Å². The molecular weight excluding hydrogens is 412 g/mol. The van der Waals surface area contributed by atoms with E-state index in [9.17, 15) is 19.8 Å². The van der Waals surface area contributed by atoms with E-state index in [0.29, 0.717) is 44.7 Å². The molecule has 1 aromatic heterocycles. The first kappa shape index (κ1) is 19.7. The summed E-state index contributed by atoms with van der Waals surface area (Å²) >= 11 is 0. The SMILES string of the molecule is COc1ccc(C2CC(=O)Oc3ccc4c(=O)c(-c5ccc(O)cc5)coc4c32)cc1O. The number of phenolic OH excluding ortho intramolecular Hbond substituents is 2. The van der Waals surface area contributed by atoms with Crippen molar-refractivity contribution in [3.8, 4) is 34.1 Å². The molecule has 160 valence electrons. The van der Waals surface area contributed by atoms with Crippen LogP contribution in [-0.4, -0.2) is 23.3 Å². The van der Waals surface area contributed by atoms with Gasteiger partial charge >= 0.3 is 5.97 Å². The number of benzene rings is 3. The molecule has 7 nitrogen and oxygen atoms in total. The second-order valence-electron chi connectivity index (χ2n) is 7.54. The number of hydrogen-bond donors (Lipinski definition) is 2. The molecule has 3 aromatic carbocycles. The zero-order chi connectivity index (χ0) is 22.4. The first-order chi connectivity index (χ1) is 15.5. The first-order valence-corrected chi connectivity index (χ1v) is 9.91. The highest BCUT2D eigenvalue weighted by Gasteiger charge is 2.32. The number of esters is 1. The van der Waals surface area contributed by atoms with Gasteiger partial charge in [-0.25, -0.2) is 0 Å². The van der Waals surface area contributed by atoms with Crippen molar-refractivity contribution in [1.29, 1.82) is 0 Å². The van der Waals surface area contributed by atoms with Crippen LogP contribution < -0.4 is 14.9 Å². The Hall–Kier alpha value is -4.26. The number of rotatable bonds is 3. The molecule has 0 bridgehead atoms. The fraction of sp³-hybridized carbons (Fsp3) is 0.120. The topological polar surface area (TPSA) is 106 Å². The Morgan fingerprint density at radius 2 is 1.78 bits per heavy atom. The fourth-order valence-electron chi connectivity index (χ4n) is 4.10. The van der Waals surface area contributed by atoms with Crippen LogP contribution in [0.5, 0.6) is 23.0 Å². The third kappa shape index (κ3) is 3.15. The Morgan fingerprint density at radius 3 is 2.50 bits per heavy atom. The largest absolute Gasteiger partial charge is 0.508 e. The monoisotopic (exact) mass is 430 g/mol. The predicted octanol–water partition coefficient (Wildman–Crippen LogP) is 4.32. The summed E-state index contributed by atoms with van der Waals surface area (Å²) in [7, 11) is 1.45. The Morgan fingerprint density at radius 1 is 1.00 bits per heavy atom. The number of ether oxygens (including phenoxy) is 2. The van der Waals surface area contributed by atoms with Crippen molar-refractivity contribution in [2.45, 2.75) is 12.3 Å². The summed E-state index contributed by atoms with van der Waals surface area (Å²) in [5.74, 6) is -0.221. The molecule has 0 saturated carbocycles. The minimum atomic E-state index is -0.477. The smallest absolute Gasteiger partial charge is 0.312 e. The van der Waals surface area contributed by atoms with Crippen molar-refractivity contribution in [2.75, 3.05) is 7.11 Å². The summed E-state index contributed by atoms with van der Waals surface area (Å²) in [6.45, 7) is 0. The van der Waals surface area contributed by atoms with E-state index in [4.69, 9.17) is 13.9 Å². The molecule has 32 heavy (non-hydrogen) atoms. The average molecular weight is 430 g/mol. The normalized spacial score (nSPS) is 15.3. The summed E-state index contributed by atoms with van der Waals surface area (Å²) < 4.78 is 16.5. The van der Waals surface area contributed by atoms with Gasteiger partial charge in [-0.2, -0.15) is 0 Å². The zero-order valence-electron chi connectivity index (χ0n) is 17.0. The van der Waals surface area contributed by atoms with Crippen LogP contribution in [0.25, 0.3) is 22.1 Å². The third-order valence-electron chi connectivity index (χ3n) is 5.67. The molecule has 7 heteroatoms. The van der Waals surface area contributed by atoms with E-state index in [1.807, 2.05) is 0 Å². The van der Waals surface area contributed by atoms with E-state index in [2.05, 4.69) is 0 Å². The van der Waals surface area contributed by atoms with Gasteiger partial charge in [-0.1, -0.05) is 18.2 Å². The first-order valence-electron chi connectivity index (χ1n) is 9.91. The van der Waals surface area contributed by atoms with Crippen LogP contribution in [0.4, 0.5) is 0 Å². The second kappa shape index (κ2) is 7.46. The lowest BCUT2D eigenvalue weighted by Crippen LogP contribution is -2.22. The van der Waals surface area contributed by atoms with Crippen molar-refractivity contribution in [3.63, 3.8) is 0 Å². The van der Waals surface area contributed by atoms with E-state index in [0.717, 1.165) is 0 Å². The van der Waals surface area contributed by atoms with Gasteiger partial charge in [0, 0.05) is 11.5 Å². The molecule has 1 aliphatic heterocycles. The van der Waals surface area contributed by atoms with Gasteiger partial charge in [0.05, 0.1) is 24.5 Å². The summed E-state index contributed by atoms with van der Waals surface area (Å²) in [5.41, 5.74) is 2.28. The number of carbonyl (C=O) groups is 1. The van der Waals surface area contributed by atoms with Gasteiger partial charge in [0.25, 0.3) is 0 Å². The highest BCUT2D eigenvalue weighted by atomic mass is 16.5. The molecular formula is C25H18O7. The number of hydrogen-bond acceptors (Lipinski definition) is 7. The van der Waals surface area contributed by atoms with E-state index < -0.39 is 11.9 Å². The molecule has 1 atom stereocenters. The number of methoxy groups -OCH3 is 1. The van der Waals surface area contributed by atoms with Crippen LogP contribution >= 0.6 is 0 Å². The third-order valence-corrected chi connectivity index (χ3v) is 5.67. The molecule has 4 aromatic rings. The van der Waals surface area contributed by atoms with E-state index >= 15 is 0 Å². The molecule has 5 rings (SSSR count). The zero-order valence-corrected chi connectivity index (χ0v) is 17.0. The minimum Gasteiger partial charge on any atom is -0.508 e. The van der Waals surface area contributed by atoms with Gasteiger partial charge in [-0.3, -0.25) is 9.59 Å². The maximum atomic E-state index is 13.3. The number of fused-ring (bicyclic) bond motifs is 3. The summed E-state index contributed by atoms with van der Waals surface area (Å²) in [4.78, 5) is 25.5.